The molecule has 0 aliphatic heterocycles. The third-order valence-corrected chi connectivity index (χ3v) is 2.36. The normalized spacial score (nSPS) is 10.6. The number of alkyl halides is 1. The summed E-state index contributed by atoms with van der Waals surface area (Å²) in [5.41, 5.74) is 2.66. The maximum Gasteiger partial charge on any atom is 0.119 e. The van der Waals surface area contributed by atoms with E-state index in [0.717, 1.165) is 5.75 Å². The fourth-order valence-corrected chi connectivity index (χ4v) is 1.62. The van der Waals surface area contributed by atoms with Crippen molar-refractivity contribution in [3.05, 3.63) is 29.3 Å². The summed E-state index contributed by atoms with van der Waals surface area (Å²) in [6, 6.07) is 6.21. The molecule has 0 N–H and O–H groups in total. The van der Waals surface area contributed by atoms with E-state index in [1.54, 1.807) is 0 Å². The maximum atomic E-state index is 5.55. The summed E-state index contributed by atoms with van der Waals surface area (Å²) < 4.78 is 5.44. The lowest BCUT2D eigenvalue weighted by Crippen LogP contribution is -1.99. The lowest BCUT2D eigenvalue weighted by Gasteiger charge is -2.11. The van der Waals surface area contributed by atoms with Gasteiger partial charge in [0, 0.05) is 0 Å². The van der Waals surface area contributed by atoms with Crippen molar-refractivity contribution in [1.29, 1.82) is 0 Å². The number of benzene rings is 1. The highest BCUT2D eigenvalue weighted by molar-refractivity contribution is 6.17. The van der Waals surface area contributed by atoms with Crippen LogP contribution in [0.2, 0.25) is 0 Å². The average molecular weight is 213 g/mol. The standard InChI is InChI=1S/C12H17ClO/c1-9(2)12-5-4-11(8-10(12)3)14-7-6-13/h4-5,8-9H,6-7H2,1-3H3. The van der Waals surface area contributed by atoms with E-state index in [2.05, 4.69) is 32.9 Å². The van der Waals surface area contributed by atoms with Crippen molar-refractivity contribution in [2.75, 3.05) is 12.5 Å². The molecule has 0 saturated carbocycles. The van der Waals surface area contributed by atoms with Crippen LogP contribution in [0.25, 0.3) is 0 Å². The molecule has 1 rings (SSSR count). The van der Waals surface area contributed by atoms with Crippen molar-refractivity contribution in [3.63, 3.8) is 0 Å². The van der Waals surface area contributed by atoms with Crippen molar-refractivity contribution in [1.82, 2.24) is 0 Å². The highest BCUT2D eigenvalue weighted by Gasteiger charge is 2.04. The second kappa shape index (κ2) is 5.26. The molecule has 0 aromatic heterocycles. The van der Waals surface area contributed by atoms with Crippen molar-refractivity contribution in [3.8, 4) is 5.75 Å². The summed E-state index contributed by atoms with van der Waals surface area (Å²) in [5.74, 6) is 2.01. The Balaban J connectivity index is 2.78. The van der Waals surface area contributed by atoms with Gasteiger partial charge in [-0.05, 0) is 36.1 Å². The van der Waals surface area contributed by atoms with Gasteiger partial charge in [-0.3, -0.25) is 0 Å². The van der Waals surface area contributed by atoms with Gasteiger partial charge in [0.1, 0.15) is 12.4 Å². The Bertz CT molecular complexity index is 294. The monoisotopic (exact) mass is 212 g/mol. The summed E-state index contributed by atoms with van der Waals surface area (Å²) >= 11 is 5.55. The van der Waals surface area contributed by atoms with E-state index < -0.39 is 0 Å². The van der Waals surface area contributed by atoms with Gasteiger partial charge in [-0.2, -0.15) is 0 Å². The number of rotatable bonds is 4. The fourth-order valence-electron chi connectivity index (χ4n) is 1.54. The van der Waals surface area contributed by atoms with Crippen LogP contribution in [0.5, 0.6) is 5.75 Å². The van der Waals surface area contributed by atoms with Crippen LogP contribution >= 0.6 is 11.6 Å². The van der Waals surface area contributed by atoms with Crippen LogP contribution in [-0.2, 0) is 0 Å². The molecule has 1 aromatic carbocycles. The molecule has 0 aliphatic carbocycles. The minimum Gasteiger partial charge on any atom is -0.492 e. The third kappa shape index (κ3) is 2.91. The molecule has 0 heterocycles. The molecular formula is C12H17ClO. The number of hydrogen-bond acceptors (Lipinski definition) is 1. The number of ether oxygens (including phenoxy) is 1. The van der Waals surface area contributed by atoms with Crippen molar-refractivity contribution in [2.24, 2.45) is 0 Å². The van der Waals surface area contributed by atoms with Gasteiger partial charge in [-0.25, -0.2) is 0 Å². The molecule has 0 radical (unpaired) electrons. The summed E-state index contributed by atoms with van der Waals surface area (Å²) in [6.45, 7) is 7.08. The van der Waals surface area contributed by atoms with Crippen molar-refractivity contribution >= 4 is 11.6 Å². The third-order valence-electron chi connectivity index (χ3n) is 2.21. The van der Waals surface area contributed by atoms with Crippen LogP contribution < -0.4 is 4.74 Å². The molecule has 78 valence electrons. The van der Waals surface area contributed by atoms with Crippen molar-refractivity contribution < 1.29 is 4.74 Å². The van der Waals surface area contributed by atoms with E-state index in [-0.39, 0.29) is 0 Å². The highest BCUT2D eigenvalue weighted by Crippen LogP contribution is 2.23. The summed E-state index contributed by atoms with van der Waals surface area (Å²) in [7, 11) is 0. The molecule has 0 fully saturated rings. The predicted molar refractivity (Wildman–Crippen MR) is 61.5 cm³/mol. The minimum absolute atomic E-state index is 0.533. The first-order valence-electron chi connectivity index (χ1n) is 4.94. The first-order valence-corrected chi connectivity index (χ1v) is 5.48. The lowest BCUT2D eigenvalue weighted by molar-refractivity contribution is 0.342. The number of aryl methyl sites for hydroxylation is 1. The van der Waals surface area contributed by atoms with Crippen LogP contribution in [0.4, 0.5) is 0 Å². The molecule has 1 aromatic rings. The van der Waals surface area contributed by atoms with Gasteiger partial charge in [0.25, 0.3) is 0 Å². The second-order valence-corrected chi connectivity index (χ2v) is 4.09. The summed E-state index contributed by atoms with van der Waals surface area (Å²) in [6.07, 6.45) is 0. The van der Waals surface area contributed by atoms with Gasteiger partial charge in [-0.1, -0.05) is 19.9 Å². The largest absolute Gasteiger partial charge is 0.492 e. The van der Waals surface area contributed by atoms with Gasteiger partial charge in [0.15, 0.2) is 0 Å². The zero-order valence-corrected chi connectivity index (χ0v) is 9.77. The molecule has 0 unspecified atom stereocenters. The van der Waals surface area contributed by atoms with E-state index in [0.29, 0.717) is 18.4 Å². The molecule has 14 heavy (non-hydrogen) atoms. The molecule has 2 heteroatoms. The van der Waals surface area contributed by atoms with Gasteiger partial charge in [0.05, 0.1) is 5.88 Å². The van der Waals surface area contributed by atoms with E-state index in [9.17, 15) is 0 Å². The van der Waals surface area contributed by atoms with Gasteiger partial charge in [-0.15, -0.1) is 11.6 Å². The lowest BCUT2D eigenvalue weighted by atomic mass is 9.98. The minimum atomic E-state index is 0.533. The first-order chi connectivity index (χ1) is 6.65. The Morgan fingerprint density at radius 1 is 1.36 bits per heavy atom. The molecule has 0 bridgehead atoms. The van der Waals surface area contributed by atoms with Crippen LogP contribution in [-0.4, -0.2) is 12.5 Å². The van der Waals surface area contributed by atoms with Crippen LogP contribution in [0, 0.1) is 6.92 Å². The molecule has 0 spiro atoms. The molecule has 0 atom stereocenters. The Hall–Kier alpha value is -0.690. The molecule has 0 saturated heterocycles. The van der Waals surface area contributed by atoms with Crippen LogP contribution in [0.1, 0.15) is 30.9 Å². The average Bonchev–Trinajstić information content (AvgIpc) is 2.14. The molecule has 0 aliphatic rings. The number of hydrogen-bond donors (Lipinski definition) is 0. The Morgan fingerprint density at radius 3 is 2.57 bits per heavy atom. The number of halogens is 1. The van der Waals surface area contributed by atoms with E-state index >= 15 is 0 Å². The smallest absolute Gasteiger partial charge is 0.119 e. The summed E-state index contributed by atoms with van der Waals surface area (Å²) in [4.78, 5) is 0. The zero-order valence-electron chi connectivity index (χ0n) is 9.01. The fraction of sp³-hybridized carbons (Fsp3) is 0.500. The van der Waals surface area contributed by atoms with Crippen LogP contribution in [0.15, 0.2) is 18.2 Å². The van der Waals surface area contributed by atoms with E-state index in [1.165, 1.54) is 11.1 Å². The first kappa shape index (κ1) is 11.4. The molecule has 0 amide bonds. The second-order valence-electron chi connectivity index (χ2n) is 3.71. The Morgan fingerprint density at radius 2 is 2.07 bits per heavy atom. The highest BCUT2D eigenvalue weighted by atomic mass is 35.5. The summed E-state index contributed by atoms with van der Waals surface area (Å²) in [5, 5.41) is 0. The van der Waals surface area contributed by atoms with Crippen LogP contribution in [0.3, 0.4) is 0 Å². The molecular weight excluding hydrogens is 196 g/mol. The maximum absolute atomic E-state index is 5.55. The Kier molecular flexibility index (Phi) is 4.27. The van der Waals surface area contributed by atoms with Gasteiger partial charge in [0.2, 0.25) is 0 Å². The topological polar surface area (TPSA) is 9.23 Å². The van der Waals surface area contributed by atoms with Gasteiger partial charge >= 0.3 is 0 Å². The SMILES string of the molecule is Cc1cc(OCCCl)ccc1C(C)C. The van der Waals surface area contributed by atoms with Gasteiger partial charge < -0.3 is 4.74 Å². The zero-order chi connectivity index (χ0) is 10.6. The quantitative estimate of drug-likeness (QED) is 0.691. The molecule has 1 nitrogen and oxygen atoms in total. The predicted octanol–water partition coefficient (Wildman–Crippen LogP) is 3.74. The van der Waals surface area contributed by atoms with E-state index in [1.807, 2.05) is 6.07 Å². The van der Waals surface area contributed by atoms with E-state index in [4.69, 9.17) is 16.3 Å². The van der Waals surface area contributed by atoms with Crippen molar-refractivity contribution in [2.45, 2.75) is 26.7 Å². The Labute approximate surface area is 91.0 Å².